The van der Waals surface area contributed by atoms with Crippen LogP contribution in [0.3, 0.4) is 0 Å². The van der Waals surface area contributed by atoms with Crippen LogP contribution in [0.25, 0.3) is 0 Å². The molecule has 0 radical (unpaired) electrons. The number of aliphatic carboxylic acids is 1. The van der Waals surface area contributed by atoms with E-state index in [-0.39, 0.29) is 24.4 Å². The number of hydrogen-bond donors (Lipinski definition) is 3. The van der Waals surface area contributed by atoms with E-state index in [0.29, 0.717) is 18.9 Å². The third kappa shape index (κ3) is 7.92. The molecular weight excluding hydrogens is 232 g/mol. The largest absolute Gasteiger partial charge is 0.481 e. The summed E-state index contributed by atoms with van der Waals surface area (Å²) in [5.74, 6) is -0.215. The van der Waals surface area contributed by atoms with E-state index in [1.54, 1.807) is 0 Å². The molecule has 0 saturated heterocycles. The van der Waals surface area contributed by atoms with E-state index in [4.69, 9.17) is 5.11 Å². The van der Waals surface area contributed by atoms with Crippen LogP contribution >= 0.6 is 0 Å². The van der Waals surface area contributed by atoms with Gasteiger partial charge in [0.25, 0.3) is 0 Å². The van der Waals surface area contributed by atoms with Crippen LogP contribution in [-0.4, -0.2) is 29.7 Å². The topological polar surface area (TPSA) is 78.4 Å². The minimum Gasteiger partial charge on any atom is -0.481 e. The van der Waals surface area contributed by atoms with Gasteiger partial charge in [-0.25, -0.2) is 4.79 Å². The highest BCUT2D eigenvalue weighted by atomic mass is 16.4. The van der Waals surface area contributed by atoms with E-state index >= 15 is 0 Å². The molecule has 5 heteroatoms. The zero-order chi connectivity index (χ0) is 14.1. The van der Waals surface area contributed by atoms with Gasteiger partial charge in [-0.15, -0.1) is 0 Å². The van der Waals surface area contributed by atoms with Crippen LogP contribution in [0, 0.1) is 11.8 Å². The normalized spacial score (nSPS) is 14.1. The van der Waals surface area contributed by atoms with Crippen molar-refractivity contribution in [3.63, 3.8) is 0 Å². The highest BCUT2D eigenvalue weighted by Gasteiger charge is 2.14. The van der Waals surface area contributed by atoms with Crippen molar-refractivity contribution in [2.75, 3.05) is 6.54 Å². The first-order valence-corrected chi connectivity index (χ1v) is 6.62. The summed E-state index contributed by atoms with van der Waals surface area (Å²) in [6.07, 6.45) is 1.63. The molecule has 2 amide bonds. The zero-order valence-electron chi connectivity index (χ0n) is 11.8. The van der Waals surface area contributed by atoms with Crippen molar-refractivity contribution in [1.29, 1.82) is 0 Å². The number of carboxylic acid groups (broad SMARTS) is 1. The quantitative estimate of drug-likeness (QED) is 0.624. The third-order valence-electron chi connectivity index (χ3n) is 3.02. The Balaban J connectivity index is 3.85. The number of amides is 2. The average Bonchev–Trinajstić information content (AvgIpc) is 2.30. The van der Waals surface area contributed by atoms with Gasteiger partial charge in [0.15, 0.2) is 0 Å². The van der Waals surface area contributed by atoms with Gasteiger partial charge in [-0.2, -0.15) is 0 Å². The molecule has 0 spiro atoms. The SMILES string of the molecule is CCC(NC(=O)NCC(C)CCC(=O)O)C(C)C. The van der Waals surface area contributed by atoms with E-state index in [9.17, 15) is 9.59 Å². The minimum absolute atomic E-state index is 0.147. The smallest absolute Gasteiger partial charge is 0.315 e. The monoisotopic (exact) mass is 258 g/mol. The number of carboxylic acids is 1. The second kappa shape index (κ2) is 8.78. The molecule has 0 aliphatic carbocycles. The van der Waals surface area contributed by atoms with Crippen LogP contribution in [0.5, 0.6) is 0 Å². The van der Waals surface area contributed by atoms with Crippen molar-refractivity contribution in [2.45, 2.75) is 53.0 Å². The van der Waals surface area contributed by atoms with Gasteiger partial charge in [0.2, 0.25) is 0 Å². The van der Waals surface area contributed by atoms with Gasteiger partial charge in [0.05, 0.1) is 0 Å². The number of carbonyl (C=O) groups excluding carboxylic acids is 1. The lowest BCUT2D eigenvalue weighted by molar-refractivity contribution is -0.137. The Hall–Kier alpha value is -1.26. The predicted octanol–water partition coefficient (Wildman–Crippen LogP) is 2.22. The van der Waals surface area contributed by atoms with Crippen LogP contribution in [0.1, 0.15) is 47.0 Å². The molecule has 0 rings (SSSR count). The summed E-state index contributed by atoms with van der Waals surface area (Å²) in [7, 11) is 0. The molecule has 2 unspecified atom stereocenters. The Kier molecular flexibility index (Phi) is 8.16. The Bertz CT molecular complexity index is 267. The summed E-state index contributed by atoms with van der Waals surface area (Å²) in [5, 5.41) is 14.3. The van der Waals surface area contributed by atoms with E-state index < -0.39 is 5.97 Å². The van der Waals surface area contributed by atoms with Crippen LogP contribution in [-0.2, 0) is 4.79 Å². The van der Waals surface area contributed by atoms with Crippen molar-refractivity contribution in [2.24, 2.45) is 11.8 Å². The minimum atomic E-state index is -0.794. The highest BCUT2D eigenvalue weighted by Crippen LogP contribution is 2.06. The Labute approximate surface area is 109 Å². The lowest BCUT2D eigenvalue weighted by Gasteiger charge is -2.21. The number of hydrogen-bond acceptors (Lipinski definition) is 2. The first-order chi connectivity index (χ1) is 8.36. The second-order valence-corrected chi connectivity index (χ2v) is 5.15. The third-order valence-corrected chi connectivity index (χ3v) is 3.02. The molecule has 5 nitrogen and oxygen atoms in total. The summed E-state index contributed by atoms with van der Waals surface area (Å²) in [6.45, 7) is 8.63. The number of urea groups is 1. The Morgan fingerprint density at radius 1 is 1.22 bits per heavy atom. The molecule has 0 aromatic heterocycles. The maximum absolute atomic E-state index is 11.6. The van der Waals surface area contributed by atoms with Gasteiger partial charge in [-0.3, -0.25) is 4.79 Å². The van der Waals surface area contributed by atoms with Crippen molar-refractivity contribution in [3.05, 3.63) is 0 Å². The molecule has 0 heterocycles. The molecule has 0 fully saturated rings. The van der Waals surface area contributed by atoms with Crippen LogP contribution in [0.4, 0.5) is 4.79 Å². The maximum atomic E-state index is 11.6. The van der Waals surface area contributed by atoms with E-state index in [1.165, 1.54) is 0 Å². The maximum Gasteiger partial charge on any atom is 0.315 e. The first-order valence-electron chi connectivity index (χ1n) is 6.62. The number of nitrogens with one attached hydrogen (secondary N) is 2. The molecular formula is C13H26N2O3. The molecule has 3 N–H and O–H groups in total. The van der Waals surface area contributed by atoms with Gasteiger partial charge < -0.3 is 15.7 Å². The number of carbonyl (C=O) groups is 2. The molecule has 0 aliphatic heterocycles. The fourth-order valence-electron chi connectivity index (χ4n) is 1.70. The average molecular weight is 258 g/mol. The van der Waals surface area contributed by atoms with Crippen LogP contribution in [0.15, 0.2) is 0 Å². The molecule has 0 aromatic rings. The van der Waals surface area contributed by atoms with Crippen molar-refractivity contribution < 1.29 is 14.7 Å². The van der Waals surface area contributed by atoms with Gasteiger partial charge >= 0.3 is 12.0 Å². The van der Waals surface area contributed by atoms with E-state index in [0.717, 1.165) is 6.42 Å². The molecule has 0 aliphatic rings. The van der Waals surface area contributed by atoms with Gasteiger partial charge in [-0.05, 0) is 24.7 Å². The lowest BCUT2D eigenvalue weighted by Crippen LogP contribution is -2.45. The Morgan fingerprint density at radius 2 is 1.83 bits per heavy atom. The Morgan fingerprint density at radius 3 is 2.28 bits per heavy atom. The molecule has 18 heavy (non-hydrogen) atoms. The fourth-order valence-corrected chi connectivity index (χ4v) is 1.70. The lowest BCUT2D eigenvalue weighted by atomic mass is 10.0. The fraction of sp³-hybridized carbons (Fsp3) is 0.846. The molecule has 106 valence electrons. The van der Waals surface area contributed by atoms with Crippen LogP contribution in [0.2, 0.25) is 0 Å². The summed E-state index contributed by atoms with van der Waals surface area (Å²) in [4.78, 5) is 22.0. The molecule has 0 bridgehead atoms. The van der Waals surface area contributed by atoms with Gasteiger partial charge in [0, 0.05) is 19.0 Å². The summed E-state index contributed by atoms with van der Waals surface area (Å²) >= 11 is 0. The van der Waals surface area contributed by atoms with Crippen LogP contribution < -0.4 is 10.6 Å². The van der Waals surface area contributed by atoms with E-state index in [1.807, 2.05) is 13.8 Å². The summed E-state index contributed by atoms with van der Waals surface area (Å²) < 4.78 is 0. The molecule has 0 aromatic carbocycles. The standard InChI is InChI=1S/C13H26N2O3/c1-5-11(9(2)3)15-13(18)14-8-10(4)6-7-12(16)17/h9-11H,5-8H2,1-4H3,(H,16,17)(H2,14,15,18). The highest BCUT2D eigenvalue weighted by molar-refractivity contribution is 5.74. The molecule has 0 saturated carbocycles. The summed E-state index contributed by atoms with van der Waals surface area (Å²) in [6, 6.07) is 0.0112. The van der Waals surface area contributed by atoms with E-state index in [2.05, 4.69) is 24.5 Å². The molecule has 2 atom stereocenters. The number of rotatable bonds is 8. The van der Waals surface area contributed by atoms with Gasteiger partial charge in [0.1, 0.15) is 0 Å². The second-order valence-electron chi connectivity index (χ2n) is 5.15. The predicted molar refractivity (Wildman–Crippen MR) is 71.5 cm³/mol. The van der Waals surface area contributed by atoms with Crippen molar-refractivity contribution in [1.82, 2.24) is 10.6 Å². The first kappa shape index (κ1) is 16.7. The van der Waals surface area contributed by atoms with Crippen molar-refractivity contribution >= 4 is 12.0 Å². The zero-order valence-corrected chi connectivity index (χ0v) is 11.8. The summed E-state index contributed by atoms with van der Waals surface area (Å²) in [5.41, 5.74) is 0. The van der Waals surface area contributed by atoms with Gasteiger partial charge in [-0.1, -0.05) is 27.7 Å². The van der Waals surface area contributed by atoms with Crippen molar-refractivity contribution in [3.8, 4) is 0 Å².